The molecule has 0 unspecified atom stereocenters. The molecule has 0 radical (unpaired) electrons. The van der Waals surface area contributed by atoms with E-state index in [1.807, 2.05) is 30.3 Å². The predicted molar refractivity (Wildman–Crippen MR) is 183 cm³/mol. The summed E-state index contributed by atoms with van der Waals surface area (Å²) in [5.74, 6) is -1.77. The molecule has 0 saturated heterocycles. The van der Waals surface area contributed by atoms with Gasteiger partial charge in [0.05, 0.1) is 12.1 Å². The summed E-state index contributed by atoms with van der Waals surface area (Å²) >= 11 is 0. The third-order valence-corrected chi connectivity index (χ3v) is 5.80. The molecule has 12 heteroatoms. The van der Waals surface area contributed by atoms with Crippen molar-refractivity contribution in [2.45, 2.75) is 118 Å². The topological polar surface area (TPSA) is 145 Å². The number of amidine groups is 1. The molecular formula is C36H54N4O8. The van der Waals surface area contributed by atoms with Gasteiger partial charge in [-0.1, -0.05) is 30.3 Å². The van der Waals surface area contributed by atoms with Crippen LogP contribution in [0.25, 0.3) is 0 Å². The summed E-state index contributed by atoms with van der Waals surface area (Å²) in [6.45, 7) is 20.2. The second-order valence-corrected chi connectivity index (χ2v) is 15.4. The fraction of sp³-hybridized carbons (Fsp3) is 0.583. The van der Waals surface area contributed by atoms with Crippen LogP contribution in [0.1, 0.15) is 95.1 Å². The van der Waals surface area contributed by atoms with Crippen LogP contribution in [-0.2, 0) is 44.5 Å². The zero-order valence-corrected chi connectivity index (χ0v) is 30.7. The Hall–Kier alpha value is -4.35. The van der Waals surface area contributed by atoms with Gasteiger partial charge < -0.3 is 34.5 Å². The lowest BCUT2D eigenvalue weighted by Gasteiger charge is -2.28. The number of carbonyl (C=O) groups excluding carboxylic acids is 4. The number of nitrogens with zero attached hydrogens (tertiary/aromatic N) is 2. The van der Waals surface area contributed by atoms with E-state index in [-0.39, 0.29) is 43.4 Å². The monoisotopic (exact) mass is 670 g/mol. The first-order chi connectivity index (χ1) is 21.9. The molecule has 2 rings (SSSR count). The van der Waals surface area contributed by atoms with Gasteiger partial charge in [0.25, 0.3) is 0 Å². The highest BCUT2D eigenvalue weighted by Gasteiger charge is 2.30. The number of esters is 4. The molecule has 0 atom stereocenters. The molecular weight excluding hydrogens is 616 g/mol. The lowest BCUT2D eigenvalue weighted by Crippen LogP contribution is -2.40. The molecule has 1 aromatic rings. The molecule has 0 amide bonds. The summed E-state index contributed by atoms with van der Waals surface area (Å²) in [6, 6.07) is 9.57. The van der Waals surface area contributed by atoms with E-state index in [4.69, 9.17) is 18.9 Å². The van der Waals surface area contributed by atoms with Crippen molar-refractivity contribution >= 4 is 29.7 Å². The number of hydrogen-bond acceptors (Lipinski definition) is 11. The van der Waals surface area contributed by atoms with Crippen molar-refractivity contribution in [3.05, 3.63) is 59.2 Å². The Balaban J connectivity index is 2.76. The minimum absolute atomic E-state index is 0.192. The Morgan fingerprint density at radius 1 is 0.708 bits per heavy atom. The Labute approximate surface area is 285 Å². The maximum Gasteiger partial charge on any atom is 0.328 e. The van der Waals surface area contributed by atoms with Gasteiger partial charge in [-0.2, -0.15) is 0 Å². The number of carbonyl (C=O) groups is 4. The standard InChI is InChI=1S/C36H54N4O8/c1-33(2,3)45-27(41)19-26-32(38-21-29(43)47-35(7,8)9)39-31(37-20-28(42)46-34(4,5)6)25(18-24-16-14-13-15-17-24)22-40(26)23-30(44)48-36(10,11)12/h13-17,22,38H,18-21,23H2,1-12H3,(H,37,39). The fourth-order valence-corrected chi connectivity index (χ4v) is 4.39. The zero-order valence-electron chi connectivity index (χ0n) is 30.7. The van der Waals surface area contributed by atoms with E-state index in [9.17, 15) is 19.2 Å². The fourth-order valence-electron chi connectivity index (χ4n) is 4.39. The van der Waals surface area contributed by atoms with Crippen molar-refractivity contribution < 1.29 is 38.1 Å². The van der Waals surface area contributed by atoms with Crippen molar-refractivity contribution in [3.63, 3.8) is 0 Å². The van der Waals surface area contributed by atoms with E-state index in [1.165, 1.54) is 0 Å². The second-order valence-electron chi connectivity index (χ2n) is 15.4. The molecule has 1 aliphatic rings. The smallest absolute Gasteiger partial charge is 0.328 e. The van der Waals surface area contributed by atoms with Crippen LogP contribution in [-0.4, -0.2) is 76.7 Å². The summed E-state index contributed by atoms with van der Waals surface area (Å²) in [5.41, 5.74) is -1.23. The molecule has 1 aromatic carbocycles. The summed E-state index contributed by atoms with van der Waals surface area (Å²) < 4.78 is 22.3. The van der Waals surface area contributed by atoms with Crippen molar-refractivity contribution in [2.24, 2.45) is 4.99 Å². The average Bonchev–Trinajstić information content (AvgIpc) is 2.99. The summed E-state index contributed by atoms with van der Waals surface area (Å²) in [4.78, 5) is 58.4. The number of ether oxygens (including phenoxy) is 4. The minimum atomic E-state index is -0.787. The second kappa shape index (κ2) is 16.2. The Kier molecular flexibility index (Phi) is 13.4. The number of hydrogen-bond donors (Lipinski definition) is 2. The third-order valence-electron chi connectivity index (χ3n) is 5.80. The number of benzene rings is 1. The van der Waals surface area contributed by atoms with E-state index < -0.39 is 46.3 Å². The molecule has 0 aromatic heterocycles. The molecule has 1 aliphatic heterocycles. The molecule has 0 saturated carbocycles. The summed E-state index contributed by atoms with van der Waals surface area (Å²) in [5, 5.41) is 6.28. The normalized spacial score (nSPS) is 15.2. The highest BCUT2D eigenvalue weighted by atomic mass is 16.6. The van der Waals surface area contributed by atoms with Crippen LogP contribution in [0.2, 0.25) is 0 Å². The molecule has 2 N–H and O–H groups in total. The maximum absolute atomic E-state index is 13.3. The highest BCUT2D eigenvalue weighted by Crippen LogP contribution is 2.24. The SMILES string of the molecule is CC(C)(C)OC(=O)CN=C1NC(NCC(=O)OC(C)(C)C)=C(CC(=O)OC(C)(C)C)N(CC(=O)OC(C)(C)C)C=C1Cc1ccccc1. The van der Waals surface area contributed by atoms with Gasteiger partial charge in [-0.3, -0.25) is 24.2 Å². The number of rotatable bonds is 11. The van der Waals surface area contributed by atoms with E-state index >= 15 is 0 Å². The minimum Gasteiger partial charge on any atom is -0.460 e. The van der Waals surface area contributed by atoms with E-state index in [0.717, 1.165) is 5.56 Å². The molecule has 12 nitrogen and oxygen atoms in total. The van der Waals surface area contributed by atoms with Crippen LogP contribution in [0.5, 0.6) is 0 Å². The van der Waals surface area contributed by atoms with Gasteiger partial charge in [0, 0.05) is 18.2 Å². The first-order valence-corrected chi connectivity index (χ1v) is 16.1. The van der Waals surface area contributed by atoms with Crippen LogP contribution >= 0.6 is 0 Å². The van der Waals surface area contributed by atoms with Crippen molar-refractivity contribution in [3.8, 4) is 0 Å². The largest absolute Gasteiger partial charge is 0.460 e. The van der Waals surface area contributed by atoms with Crippen LogP contribution in [0.3, 0.4) is 0 Å². The molecule has 0 bridgehead atoms. The van der Waals surface area contributed by atoms with Crippen LogP contribution in [0.15, 0.2) is 58.6 Å². The summed E-state index contributed by atoms with van der Waals surface area (Å²) in [6.07, 6.45) is 1.74. The van der Waals surface area contributed by atoms with Crippen molar-refractivity contribution in [1.82, 2.24) is 15.5 Å². The maximum atomic E-state index is 13.3. The first-order valence-electron chi connectivity index (χ1n) is 16.1. The van der Waals surface area contributed by atoms with E-state index in [1.54, 1.807) is 94.2 Å². The third kappa shape index (κ3) is 16.0. The van der Waals surface area contributed by atoms with Gasteiger partial charge in [-0.05, 0) is 88.6 Å². The zero-order chi connectivity index (χ0) is 36.5. The van der Waals surface area contributed by atoms with Crippen molar-refractivity contribution in [1.29, 1.82) is 0 Å². The quantitative estimate of drug-likeness (QED) is 0.244. The van der Waals surface area contributed by atoms with Gasteiger partial charge in [0.1, 0.15) is 53.7 Å². The summed E-state index contributed by atoms with van der Waals surface area (Å²) in [7, 11) is 0. The molecule has 0 fully saturated rings. The van der Waals surface area contributed by atoms with Gasteiger partial charge in [0.2, 0.25) is 0 Å². The number of nitrogens with one attached hydrogen (secondary N) is 2. The Bertz CT molecular complexity index is 1400. The van der Waals surface area contributed by atoms with Gasteiger partial charge >= 0.3 is 23.9 Å². The molecule has 0 spiro atoms. The average molecular weight is 671 g/mol. The lowest BCUT2D eigenvalue weighted by molar-refractivity contribution is -0.157. The van der Waals surface area contributed by atoms with Crippen LogP contribution < -0.4 is 10.6 Å². The number of aliphatic imine (C=N–C) groups is 1. The lowest BCUT2D eigenvalue weighted by atomic mass is 10.0. The first kappa shape index (κ1) is 39.8. The van der Waals surface area contributed by atoms with Crippen LogP contribution in [0.4, 0.5) is 0 Å². The van der Waals surface area contributed by atoms with Gasteiger partial charge in [-0.15, -0.1) is 0 Å². The molecule has 1 heterocycles. The van der Waals surface area contributed by atoms with E-state index in [0.29, 0.717) is 12.0 Å². The van der Waals surface area contributed by atoms with E-state index in [2.05, 4.69) is 15.6 Å². The molecule has 0 aliphatic carbocycles. The highest BCUT2D eigenvalue weighted by molar-refractivity contribution is 6.01. The predicted octanol–water partition coefficient (Wildman–Crippen LogP) is 4.93. The van der Waals surface area contributed by atoms with Gasteiger partial charge in [0.15, 0.2) is 0 Å². The molecule has 48 heavy (non-hydrogen) atoms. The van der Waals surface area contributed by atoms with Crippen LogP contribution in [0, 0.1) is 0 Å². The van der Waals surface area contributed by atoms with Crippen molar-refractivity contribution in [2.75, 3.05) is 19.6 Å². The Morgan fingerprint density at radius 3 is 1.75 bits per heavy atom. The Morgan fingerprint density at radius 2 is 1.21 bits per heavy atom. The van der Waals surface area contributed by atoms with Gasteiger partial charge in [-0.25, -0.2) is 0 Å². The molecule has 266 valence electrons.